The van der Waals surface area contributed by atoms with Crippen LogP contribution in [-0.4, -0.2) is 24.5 Å². The van der Waals surface area contributed by atoms with E-state index < -0.39 is 15.9 Å². The van der Waals surface area contributed by atoms with Gasteiger partial charge in [0.15, 0.2) is 15.7 Å². The monoisotopic (exact) mass is 510 g/mol. The minimum atomic E-state index is -3.77. The van der Waals surface area contributed by atoms with Crippen LogP contribution in [-0.2, 0) is 14.8 Å². The highest BCUT2D eigenvalue weighted by Crippen LogP contribution is 2.28. The first-order valence-corrected chi connectivity index (χ1v) is 12.9. The maximum atomic E-state index is 12.7. The fourth-order valence-corrected chi connectivity index (χ4v) is 5.70. The van der Waals surface area contributed by atoms with Crippen LogP contribution in [0.1, 0.15) is 5.56 Å². The Morgan fingerprint density at radius 3 is 2.65 bits per heavy atom. The van der Waals surface area contributed by atoms with E-state index >= 15 is 0 Å². The van der Waals surface area contributed by atoms with Crippen LogP contribution >= 0.6 is 23.1 Å². The minimum Gasteiger partial charge on any atom is -0.463 e. The van der Waals surface area contributed by atoms with Gasteiger partial charge in [-0.3, -0.25) is 14.3 Å². The van der Waals surface area contributed by atoms with E-state index in [0.717, 1.165) is 11.8 Å². The number of carbonyl (C=O) groups excluding carboxylic acids is 1. The molecule has 2 aromatic heterocycles. The molecule has 1 aliphatic rings. The molecule has 2 aromatic carbocycles. The number of hydrogen-bond donors (Lipinski definition) is 2. The van der Waals surface area contributed by atoms with E-state index in [2.05, 4.69) is 20.0 Å². The molecule has 0 atom stereocenters. The van der Waals surface area contributed by atoms with Gasteiger partial charge < -0.3 is 9.73 Å². The molecule has 0 aliphatic carbocycles. The summed E-state index contributed by atoms with van der Waals surface area (Å²) in [5.41, 5.74) is 0.923. The third kappa shape index (κ3) is 4.51. The van der Waals surface area contributed by atoms with Crippen molar-refractivity contribution in [1.29, 1.82) is 0 Å². The average Bonchev–Trinajstić information content (AvgIpc) is 3.45. The van der Waals surface area contributed by atoms with Crippen molar-refractivity contribution in [2.24, 2.45) is 4.99 Å². The van der Waals surface area contributed by atoms with Crippen LogP contribution in [0, 0.1) is 0 Å². The van der Waals surface area contributed by atoms with Gasteiger partial charge in [-0.05, 0) is 54.2 Å². The van der Waals surface area contributed by atoms with Crippen molar-refractivity contribution in [3.05, 3.63) is 87.1 Å². The van der Waals surface area contributed by atoms with Crippen LogP contribution in [0.4, 0.5) is 10.8 Å². The molecule has 1 aliphatic heterocycles. The first-order chi connectivity index (χ1) is 16.4. The van der Waals surface area contributed by atoms with Crippen LogP contribution in [0.25, 0.3) is 17.0 Å². The number of carbonyl (C=O) groups is 1. The predicted molar refractivity (Wildman–Crippen MR) is 133 cm³/mol. The van der Waals surface area contributed by atoms with Crippen molar-refractivity contribution in [1.82, 2.24) is 10.3 Å². The summed E-state index contributed by atoms with van der Waals surface area (Å²) in [4.78, 5) is 33.7. The molecule has 0 saturated carbocycles. The summed E-state index contributed by atoms with van der Waals surface area (Å²) in [7, 11) is -3.77. The van der Waals surface area contributed by atoms with Crippen LogP contribution in [0.15, 0.2) is 90.4 Å². The molecule has 12 heteroatoms. The maximum Gasteiger partial charge on any atom is 0.264 e. The molecule has 5 rings (SSSR count). The topological polar surface area (TPSA) is 131 Å². The quantitative estimate of drug-likeness (QED) is 0.389. The molecule has 1 amide bonds. The average molecular weight is 511 g/mol. The SMILES string of the molecule is O=C1NC(=Nc2ccc(S(=O)(=O)Nc3nccs3)cc2)S/C1=C\c1coc2ccccc2c1=O. The zero-order chi connectivity index (χ0) is 23.7. The van der Waals surface area contributed by atoms with Crippen molar-refractivity contribution >= 4 is 72.1 Å². The van der Waals surface area contributed by atoms with E-state index in [9.17, 15) is 18.0 Å². The fourth-order valence-electron chi connectivity index (χ4n) is 3.08. The lowest BCUT2D eigenvalue weighted by Gasteiger charge is -2.05. The van der Waals surface area contributed by atoms with Crippen molar-refractivity contribution in [3.8, 4) is 0 Å². The number of fused-ring (bicyclic) bond motifs is 1. The Hall–Kier alpha value is -3.74. The van der Waals surface area contributed by atoms with Gasteiger partial charge in [-0.1, -0.05) is 12.1 Å². The molecular formula is C22H14N4O5S3. The summed E-state index contributed by atoms with van der Waals surface area (Å²) in [5, 5.41) is 5.31. The molecular weight excluding hydrogens is 496 g/mol. The Labute approximate surface area is 201 Å². The molecule has 0 radical (unpaired) electrons. The number of aliphatic imine (C=N–C) groups is 1. The Morgan fingerprint density at radius 2 is 1.88 bits per heavy atom. The predicted octanol–water partition coefficient (Wildman–Crippen LogP) is 3.94. The molecule has 3 heterocycles. The third-order valence-electron chi connectivity index (χ3n) is 4.68. The van der Waals surface area contributed by atoms with Crippen molar-refractivity contribution < 1.29 is 17.6 Å². The van der Waals surface area contributed by atoms with Crippen LogP contribution in [0.5, 0.6) is 0 Å². The molecule has 1 fully saturated rings. The zero-order valence-corrected chi connectivity index (χ0v) is 19.5. The highest BCUT2D eigenvalue weighted by Gasteiger charge is 2.24. The largest absolute Gasteiger partial charge is 0.463 e. The summed E-state index contributed by atoms with van der Waals surface area (Å²) < 4.78 is 32.8. The number of para-hydroxylation sites is 1. The molecule has 4 aromatic rings. The van der Waals surface area contributed by atoms with Crippen LogP contribution < -0.4 is 15.5 Å². The van der Waals surface area contributed by atoms with E-state index in [0.29, 0.717) is 21.8 Å². The summed E-state index contributed by atoms with van der Waals surface area (Å²) >= 11 is 2.24. The van der Waals surface area contributed by atoms with E-state index in [-0.39, 0.29) is 25.9 Å². The zero-order valence-electron chi connectivity index (χ0n) is 17.1. The minimum absolute atomic E-state index is 0.0541. The number of benzene rings is 2. The first kappa shape index (κ1) is 22.1. The summed E-state index contributed by atoms with van der Waals surface area (Å²) in [6, 6.07) is 12.7. The van der Waals surface area contributed by atoms with Crippen molar-refractivity contribution in [2.75, 3.05) is 4.72 Å². The van der Waals surface area contributed by atoms with Gasteiger partial charge in [0.1, 0.15) is 11.8 Å². The lowest BCUT2D eigenvalue weighted by atomic mass is 10.1. The number of rotatable bonds is 5. The molecule has 9 nitrogen and oxygen atoms in total. The number of nitrogens with zero attached hydrogens (tertiary/aromatic N) is 2. The molecule has 1 saturated heterocycles. The highest BCUT2D eigenvalue weighted by atomic mass is 32.2. The lowest BCUT2D eigenvalue weighted by Crippen LogP contribution is -2.19. The number of amides is 1. The maximum absolute atomic E-state index is 12.7. The number of aromatic nitrogens is 1. The van der Waals surface area contributed by atoms with E-state index in [1.54, 1.807) is 29.6 Å². The Kier molecular flexibility index (Phi) is 5.77. The fraction of sp³-hybridized carbons (Fsp3) is 0. The summed E-state index contributed by atoms with van der Waals surface area (Å²) in [5.74, 6) is -0.400. The normalized spacial score (nSPS) is 16.3. The van der Waals surface area contributed by atoms with Gasteiger partial charge in [0.05, 0.1) is 26.4 Å². The number of thioether (sulfide) groups is 1. The third-order valence-corrected chi connectivity index (χ3v) is 7.76. The summed E-state index contributed by atoms with van der Waals surface area (Å²) in [6.45, 7) is 0. The van der Waals surface area contributed by atoms with E-state index in [4.69, 9.17) is 4.42 Å². The van der Waals surface area contributed by atoms with Gasteiger partial charge in [-0.2, -0.15) is 0 Å². The number of anilines is 1. The second kappa shape index (κ2) is 8.89. The summed E-state index contributed by atoms with van der Waals surface area (Å²) in [6.07, 6.45) is 4.28. The van der Waals surface area contributed by atoms with Crippen LogP contribution in [0.3, 0.4) is 0 Å². The smallest absolute Gasteiger partial charge is 0.264 e. The highest BCUT2D eigenvalue weighted by molar-refractivity contribution is 8.18. The molecule has 0 spiro atoms. The second-order valence-electron chi connectivity index (χ2n) is 6.93. The lowest BCUT2D eigenvalue weighted by molar-refractivity contribution is -0.115. The van der Waals surface area contributed by atoms with E-state index in [1.807, 2.05) is 0 Å². The van der Waals surface area contributed by atoms with Crippen molar-refractivity contribution in [3.63, 3.8) is 0 Å². The molecule has 34 heavy (non-hydrogen) atoms. The van der Waals surface area contributed by atoms with Gasteiger partial charge in [0.25, 0.3) is 15.9 Å². The molecule has 170 valence electrons. The number of hydrogen-bond acceptors (Lipinski definition) is 9. The Balaban J connectivity index is 1.35. The van der Waals surface area contributed by atoms with Gasteiger partial charge in [-0.15, -0.1) is 11.3 Å². The molecule has 0 unspecified atom stereocenters. The van der Waals surface area contributed by atoms with Gasteiger partial charge in [-0.25, -0.2) is 18.4 Å². The standard InChI is InChI=1S/C22H14N4O5S3/c27-19-13(12-31-17-4-2-1-3-16(17)19)11-18-20(28)25-22(33-18)24-14-5-7-15(8-6-14)34(29,30)26-21-23-9-10-32-21/h1-12H,(H,23,26)(H,24,25,28)/b18-11-. The van der Waals surface area contributed by atoms with Crippen molar-refractivity contribution in [2.45, 2.75) is 4.90 Å². The second-order valence-corrected chi connectivity index (χ2v) is 10.5. The number of thiazole rings is 1. The van der Waals surface area contributed by atoms with Gasteiger partial charge in [0, 0.05) is 11.6 Å². The van der Waals surface area contributed by atoms with E-state index in [1.165, 1.54) is 54.1 Å². The number of nitrogens with one attached hydrogen (secondary N) is 2. The Bertz CT molecular complexity index is 1620. The van der Waals surface area contributed by atoms with Gasteiger partial charge >= 0.3 is 0 Å². The first-order valence-electron chi connectivity index (χ1n) is 9.71. The number of amidine groups is 1. The van der Waals surface area contributed by atoms with Gasteiger partial charge in [0.2, 0.25) is 0 Å². The Morgan fingerprint density at radius 1 is 1.09 bits per heavy atom. The molecule has 2 N–H and O–H groups in total. The number of sulfonamides is 1. The van der Waals surface area contributed by atoms with Crippen LogP contribution in [0.2, 0.25) is 0 Å². The molecule has 0 bridgehead atoms.